The normalized spacial score (nSPS) is 25.3. The van der Waals surface area contributed by atoms with Crippen LogP contribution in [0.4, 0.5) is 0 Å². The van der Waals surface area contributed by atoms with Crippen molar-refractivity contribution in [3.05, 3.63) is 41.5 Å². The van der Waals surface area contributed by atoms with Gasteiger partial charge < -0.3 is 10.5 Å². The van der Waals surface area contributed by atoms with Crippen LogP contribution in [0.5, 0.6) is 0 Å². The average Bonchev–Trinajstić information content (AvgIpc) is 2.19. The van der Waals surface area contributed by atoms with Crippen molar-refractivity contribution < 1.29 is 4.79 Å². The number of hydrogen-bond acceptors (Lipinski definition) is 2. The summed E-state index contributed by atoms with van der Waals surface area (Å²) < 4.78 is 0. The van der Waals surface area contributed by atoms with Gasteiger partial charge in [0.05, 0.1) is 0 Å². The molecule has 0 aliphatic heterocycles. The minimum Gasteiger partial charge on any atom is -0.315 e. The van der Waals surface area contributed by atoms with E-state index < -0.39 is 5.54 Å². The van der Waals surface area contributed by atoms with Crippen molar-refractivity contribution in [1.29, 1.82) is 0 Å². The molecule has 13 heavy (non-hydrogen) atoms. The summed E-state index contributed by atoms with van der Waals surface area (Å²) in [5.74, 6) is 0. The number of fused-ring (bicyclic) bond motifs is 1. The maximum absolute atomic E-state index is 10.9. The van der Waals surface area contributed by atoms with E-state index in [2.05, 4.69) is 0 Å². The smallest absolute Gasteiger partial charge is 0.144 e. The van der Waals surface area contributed by atoms with E-state index in [9.17, 15) is 4.79 Å². The van der Waals surface area contributed by atoms with E-state index in [1.807, 2.05) is 36.4 Å². The lowest BCUT2D eigenvalue weighted by molar-refractivity contribution is -0.112. The zero-order chi connectivity index (χ0) is 9.31. The first-order valence-electron chi connectivity index (χ1n) is 4.27. The maximum atomic E-state index is 10.9. The third-order valence-corrected chi connectivity index (χ3v) is 2.43. The highest BCUT2D eigenvalue weighted by atomic mass is 16.1. The van der Waals surface area contributed by atoms with E-state index in [1.165, 1.54) is 0 Å². The molecule has 0 saturated heterocycles. The topological polar surface area (TPSA) is 43.1 Å². The molecule has 2 nitrogen and oxygen atoms in total. The lowest BCUT2D eigenvalue weighted by Crippen LogP contribution is -2.39. The standard InChI is InChI=1S/C11H11NO/c12-11(8-13)7-3-5-9-4-1-2-6-10(9)11/h1-6,8H,7,12H2. The van der Waals surface area contributed by atoms with Gasteiger partial charge in [0.2, 0.25) is 0 Å². The fourth-order valence-corrected chi connectivity index (χ4v) is 1.67. The molecular weight excluding hydrogens is 162 g/mol. The zero-order valence-electron chi connectivity index (χ0n) is 7.23. The summed E-state index contributed by atoms with van der Waals surface area (Å²) in [6, 6.07) is 7.73. The number of benzene rings is 1. The molecule has 1 aromatic rings. The van der Waals surface area contributed by atoms with Gasteiger partial charge in [0.1, 0.15) is 11.8 Å². The number of aldehydes is 1. The van der Waals surface area contributed by atoms with Crippen molar-refractivity contribution in [1.82, 2.24) is 0 Å². The fourth-order valence-electron chi connectivity index (χ4n) is 1.67. The summed E-state index contributed by atoms with van der Waals surface area (Å²) in [5, 5.41) is 0. The Morgan fingerprint density at radius 1 is 1.38 bits per heavy atom. The summed E-state index contributed by atoms with van der Waals surface area (Å²) in [6.07, 6.45) is 5.36. The summed E-state index contributed by atoms with van der Waals surface area (Å²) in [7, 11) is 0. The summed E-state index contributed by atoms with van der Waals surface area (Å²) >= 11 is 0. The second-order valence-electron chi connectivity index (χ2n) is 3.35. The van der Waals surface area contributed by atoms with Crippen LogP contribution in [0.1, 0.15) is 17.5 Å². The number of hydrogen-bond donors (Lipinski definition) is 1. The molecule has 0 bridgehead atoms. The molecule has 0 aromatic heterocycles. The molecule has 0 heterocycles. The number of nitrogens with two attached hydrogens (primary N) is 1. The molecule has 1 aromatic carbocycles. The molecule has 0 fully saturated rings. The average molecular weight is 173 g/mol. The lowest BCUT2D eigenvalue weighted by atomic mass is 9.82. The lowest BCUT2D eigenvalue weighted by Gasteiger charge is -2.26. The van der Waals surface area contributed by atoms with Crippen LogP contribution in [0, 0.1) is 0 Å². The Balaban J connectivity index is 2.61. The second kappa shape index (κ2) is 2.82. The van der Waals surface area contributed by atoms with Gasteiger partial charge in [0.25, 0.3) is 0 Å². The minimum atomic E-state index is -0.814. The van der Waals surface area contributed by atoms with Crippen LogP contribution in [0.15, 0.2) is 30.3 Å². The van der Waals surface area contributed by atoms with Gasteiger partial charge in [-0.05, 0) is 17.5 Å². The van der Waals surface area contributed by atoms with Gasteiger partial charge in [0, 0.05) is 0 Å². The quantitative estimate of drug-likeness (QED) is 0.653. The van der Waals surface area contributed by atoms with Crippen LogP contribution in [-0.4, -0.2) is 6.29 Å². The first kappa shape index (κ1) is 8.20. The summed E-state index contributed by atoms with van der Waals surface area (Å²) in [4.78, 5) is 10.9. The first-order valence-corrected chi connectivity index (χ1v) is 4.27. The van der Waals surface area contributed by atoms with E-state index in [1.54, 1.807) is 0 Å². The number of rotatable bonds is 1. The highest BCUT2D eigenvalue weighted by molar-refractivity contribution is 5.74. The Labute approximate surface area is 77.1 Å². The van der Waals surface area contributed by atoms with E-state index >= 15 is 0 Å². The van der Waals surface area contributed by atoms with Crippen LogP contribution < -0.4 is 5.73 Å². The van der Waals surface area contributed by atoms with Gasteiger partial charge in [-0.15, -0.1) is 0 Å². The first-order chi connectivity index (χ1) is 6.26. The molecule has 1 aliphatic rings. The molecule has 1 unspecified atom stereocenters. The largest absolute Gasteiger partial charge is 0.315 e. The third kappa shape index (κ3) is 1.19. The minimum absolute atomic E-state index is 0.591. The number of carbonyl (C=O) groups is 1. The van der Waals surface area contributed by atoms with E-state index in [0.29, 0.717) is 6.42 Å². The Bertz CT molecular complexity index is 370. The maximum Gasteiger partial charge on any atom is 0.144 e. The van der Waals surface area contributed by atoms with E-state index in [4.69, 9.17) is 5.73 Å². The zero-order valence-corrected chi connectivity index (χ0v) is 7.23. The molecule has 2 N–H and O–H groups in total. The van der Waals surface area contributed by atoms with Crippen molar-refractivity contribution >= 4 is 12.4 Å². The van der Waals surface area contributed by atoms with Gasteiger partial charge in [-0.25, -0.2) is 0 Å². The van der Waals surface area contributed by atoms with Crippen LogP contribution in [0.3, 0.4) is 0 Å². The van der Waals surface area contributed by atoms with Gasteiger partial charge in [-0.1, -0.05) is 36.4 Å². The molecule has 1 aliphatic carbocycles. The molecule has 2 heteroatoms. The van der Waals surface area contributed by atoms with Crippen LogP contribution >= 0.6 is 0 Å². The molecule has 0 radical (unpaired) electrons. The molecule has 0 saturated carbocycles. The third-order valence-electron chi connectivity index (χ3n) is 2.43. The van der Waals surface area contributed by atoms with E-state index in [-0.39, 0.29) is 0 Å². The number of carbonyl (C=O) groups excluding carboxylic acids is 1. The fraction of sp³-hybridized carbons (Fsp3) is 0.182. The second-order valence-corrected chi connectivity index (χ2v) is 3.35. The van der Waals surface area contributed by atoms with Crippen molar-refractivity contribution in [3.63, 3.8) is 0 Å². The molecule has 66 valence electrons. The molecule has 0 amide bonds. The molecule has 0 spiro atoms. The van der Waals surface area contributed by atoms with Crippen molar-refractivity contribution in [2.75, 3.05) is 0 Å². The Morgan fingerprint density at radius 2 is 2.15 bits per heavy atom. The monoisotopic (exact) mass is 173 g/mol. The van der Waals surface area contributed by atoms with Crippen LogP contribution in [-0.2, 0) is 10.3 Å². The molecule has 1 atom stereocenters. The predicted octanol–water partition coefficient (Wildman–Crippen LogP) is 1.46. The molecule has 2 rings (SSSR count). The Kier molecular flexibility index (Phi) is 1.78. The van der Waals surface area contributed by atoms with Crippen LogP contribution in [0.25, 0.3) is 6.08 Å². The predicted molar refractivity (Wildman–Crippen MR) is 52.0 cm³/mol. The highest BCUT2D eigenvalue weighted by Crippen LogP contribution is 2.29. The van der Waals surface area contributed by atoms with Crippen molar-refractivity contribution in [2.24, 2.45) is 5.73 Å². The Morgan fingerprint density at radius 3 is 2.92 bits per heavy atom. The van der Waals surface area contributed by atoms with Crippen LogP contribution in [0.2, 0.25) is 0 Å². The summed E-state index contributed by atoms with van der Waals surface area (Å²) in [6.45, 7) is 0. The van der Waals surface area contributed by atoms with Gasteiger partial charge >= 0.3 is 0 Å². The van der Waals surface area contributed by atoms with Crippen molar-refractivity contribution in [3.8, 4) is 0 Å². The summed E-state index contributed by atoms with van der Waals surface area (Å²) in [5.41, 5.74) is 7.10. The van der Waals surface area contributed by atoms with Crippen molar-refractivity contribution in [2.45, 2.75) is 12.0 Å². The van der Waals surface area contributed by atoms with Gasteiger partial charge in [-0.2, -0.15) is 0 Å². The van der Waals surface area contributed by atoms with Gasteiger partial charge in [-0.3, -0.25) is 0 Å². The SMILES string of the molecule is NC1(C=O)CC=Cc2ccccc21. The van der Waals surface area contributed by atoms with E-state index in [0.717, 1.165) is 17.4 Å². The Hall–Kier alpha value is -1.41. The van der Waals surface area contributed by atoms with Gasteiger partial charge in [0.15, 0.2) is 0 Å². The molecular formula is C11H11NO. The highest BCUT2D eigenvalue weighted by Gasteiger charge is 2.29.